The Morgan fingerprint density at radius 3 is 2.41 bits per heavy atom. The van der Waals surface area contributed by atoms with E-state index in [9.17, 15) is 14.4 Å². The first kappa shape index (κ1) is 20.8. The fourth-order valence-corrected chi connectivity index (χ4v) is 3.18. The highest BCUT2D eigenvalue weighted by Gasteiger charge is 2.24. The Labute approximate surface area is 173 Å². The zero-order valence-corrected chi connectivity index (χ0v) is 16.7. The lowest BCUT2D eigenvalue weighted by atomic mass is 10.2. The first-order chi connectivity index (χ1) is 14.0. The van der Waals surface area contributed by atoms with Crippen LogP contribution in [0.5, 0.6) is 0 Å². The Balaban J connectivity index is 1.52. The molecule has 0 saturated carbocycles. The lowest BCUT2D eigenvalue weighted by Gasteiger charge is -2.34. The van der Waals surface area contributed by atoms with Gasteiger partial charge in [-0.05, 0) is 24.3 Å². The molecule has 1 fully saturated rings. The number of rotatable bonds is 5. The minimum atomic E-state index is -0.589. The molecule has 0 radical (unpaired) electrons. The van der Waals surface area contributed by atoms with Gasteiger partial charge in [0.2, 0.25) is 5.91 Å². The van der Waals surface area contributed by atoms with Crippen LogP contribution in [-0.4, -0.2) is 72.4 Å². The Morgan fingerprint density at radius 2 is 1.72 bits per heavy atom. The van der Waals surface area contributed by atoms with Gasteiger partial charge in [0.25, 0.3) is 5.91 Å². The van der Waals surface area contributed by atoms with Crippen molar-refractivity contribution in [1.82, 2.24) is 14.8 Å². The molecule has 0 spiro atoms. The first-order valence-corrected chi connectivity index (χ1v) is 9.47. The third-order valence-electron chi connectivity index (χ3n) is 4.54. The topological polar surface area (TPSA) is 91.8 Å². The highest BCUT2D eigenvalue weighted by molar-refractivity contribution is 6.33. The Bertz CT molecular complexity index is 913. The molecule has 2 amide bonds. The van der Waals surface area contributed by atoms with Crippen LogP contribution in [0, 0.1) is 0 Å². The van der Waals surface area contributed by atoms with Crippen LogP contribution in [0.2, 0.25) is 5.02 Å². The molecule has 8 nitrogen and oxygen atoms in total. The normalized spacial score (nSPS) is 14.3. The quantitative estimate of drug-likeness (QED) is 0.749. The van der Waals surface area contributed by atoms with E-state index < -0.39 is 5.97 Å². The van der Waals surface area contributed by atoms with Gasteiger partial charge >= 0.3 is 5.97 Å². The maximum Gasteiger partial charge on any atom is 0.356 e. The van der Waals surface area contributed by atoms with E-state index in [-0.39, 0.29) is 29.7 Å². The summed E-state index contributed by atoms with van der Waals surface area (Å²) in [6.07, 6.45) is 0. The zero-order chi connectivity index (χ0) is 20.8. The lowest BCUT2D eigenvalue weighted by Crippen LogP contribution is -2.50. The van der Waals surface area contributed by atoms with Crippen LogP contribution >= 0.6 is 11.6 Å². The van der Waals surface area contributed by atoms with Gasteiger partial charge < -0.3 is 15.0 Å². The van der Waals surface area contributed by atoms with E-state index in [1.807, 2.05) is 4.90 Å². The van der Waals surface area contributed by atoms with Gasteiger partial charge in [0.1, 0.15) is 11.4 Å². The van der Waals surface area contributed by atoms with Crippen molar-refractivity contribution in [2.24, 2.45) is 0 Å². The molecular formula is C20H21ClN4O4. The summed E-state index contributed by atoms with van der Waals surface area (Å²) in [6.45, 7) is 2.24. The van der Waals surface area contributed by atoms with Crippen molar-refractivity contribution in [2.45, 2.75) is 0 Å². The number of aromatic nitrogens is 1. The molecule has 2 heterocycles. The number of carbonyl (C=O) groups is 3. The number of halogens is 1. The van der Waals surface area contributed by atoms with E-state index in [2.05, 4.69) is 15.0 Å². The van der Waals surface area contributed by atoms with Crippen LogP contribution in [0.1, 0.15) is 21.0 Å². The predicted octanol–water partition coefficient (Wildman–Crippen LogP) is 1.92. The van der Waals surface area contributed by atoms with Crippen molar-refractivity contribution in [2.75, 3.05) is 45.2 Å². The van der Waals surface area contributed by atoms with Gasteiger partial charge in [0, 0.05) is 26.2 Å². The lowest BCUT2D eigenvalue weighted by molar-refractivity contribution is -0.117. The average molecular weight is 417 g/mol. The summed E-state index contributed by atoms with van der Waals surface area (Å²) in [5.74, 6) is -1.00. The molecule has 1 saturated heterocycles. The first-order valence-electron chi connectivity index (χ1n) is 9.09. The van der Waals surface area contributed by atoms with Crippen LogP contribution in [0.3, 0.4) is 0 Å². The van der Waals surface area contributed by atoms with E-state index >= 15 is 0 Å². The summed E-state index contributed by atoms with van der Waals surface area (Å²) in [6, 6.07) is 11.7. The number of anilines is 1. The van der Waals surface area contributed by atoms with Gasteiger partial charge in [-0.2, -0.15) is 0 Å². The van der Waals surface area contributed by atoms with Gasteiger partial charge in [-0.15, -0.1) is 0 Å². The summed E-state index contributed by atoms with van der Waals surface area (Å²) in [4.78, 5) is 44.2. The van der Waals surface area contributed by atoms with Gasteiger partial charge in [0.05, 0.1) is 24.4 Å². The maximum atomic E-state index is 12.7. The van der Waals surface area contributed by atoms with Crippen molar-refractivity contribution in [3.63, 3.8) is 0 Å². The van der Waals surface area contributed by atoms with Crippen LogP contribution in [-0.2, 0) is 9.53 Å². The number of ether oxygens (including phenoxy) is 1. The van der Waals surface area contributed by atoms with Crippen LogP contribution in [0.4, 0.5) is 5.69 Å². The largest absolute Gasteiger partial charge is 0.464 e. The summed E-state index contributed by atoms with van der Waals surface area (Å²) in [7, 11) is 1.26. The number of esters is 1. The number of piperazine rings is 1. The van der Waals surface area contributed by atoms with E-state index in [0.29, 0.717) is 36.9 Å². The van der Waals surface area contributed by atoms with Gasteiger partial charge in [-0.3, -0.25) is 14.5 Å². The third-order valence-corrected chi connectivity index (χ3v) is 4.87. The minimum Gasteiger partial charge on any atom is -0.464 e. The Kier molecular flexibility index (Phi) is 6.79. The highest BCUT2D eigenvalue weighted by atomic mass is 35.5. The number of hydrogen-bond donors (Lipinski definition) is 1. The maximum absolute atomic E-state index is 12.7. The smallest absolute Gasteiger partial charge is 0.356 e. The third kappa shape index (κ3) is 5.30. The fraction of sp³-hybridized carbons (Fsp3) is 0.300. The molecule has 3 rings (SSSR count). The van der Waals surface area contributed by atoms with Crippen molar-refractivity contribution in [3.05, 3.63) is 58.9 Å². The van der Waals surface area contributed by atoms with E-state index in [1.54, 1.807) is 41.3 Å². The van der Waals surface area contributed by atoms with Crippen molar-refractivity contribution in [3.8, 4) is 0 Å². The monoisotopic (exact) mass is 416 g/mol. The van der Waals surface area contributed by atoms with Crippen LogP contribution < -0.4 is 5.32 Å². The standard InChI is InChI=1S/C20H21ClN4O4/c1-29-20(28)17-8-4-7-16(22-17)19(27)25-11-9-24(10-12-25)13-18(26)23-15-6-3-2-5-14(15)21/h2-8H,9-13H2,1H3,(H,23,26). The molecule has 1 aromatic carbocycles. The molecule has 0 atom stereocenters. The van der Waals surface area contributed by atoms with Crippen molar-refractivity contribution in [1.29, 1.82) is 0 Å². The molecule has 152 valence electrons. The highest BCUT2D eigenvalue weighted by Crippen LogP contribution is 2.20. The number of hydrogen-bond acceptors (Lipinski definition) is 6. The van der Waals surface area contributed by atoms with Crippen molar-refractivity contribution >= 4 is 35.1 Å². The molecule has 1 aromatic heterocycles. The van der Waals surface area contributed by atoms with Gasteiger partial charge in [0.15, 0.2) is 0 Å². The number of benzene rings is 1. The molecule has 9 heteroatoms. The van der Waals surface area contributed by atoms with Gasteiger partial charge in [-0.25, -0.2) is 9.78 Å². The number of carbonyl (C=O) groups excluding carboxylic acids is 3. The number of nitrogens with zero attached hydrogens (tertiary/aromatic N) is 3. The SMILES string of the molecule is COC(=O)c1cccc(C(=O)N2CCN(CC(=O)Nc3ccccc3Cl)CC2)n1. The molecule has 0 aliphatic carbocycles. The summed E-state index contributed by atoms with van der Waals surface area (Å²) < 4.78 is 4.64. The second-order valence-corrected chi connectivity index (χ2v) is 6.90. The number of amides is 2. The number of para-hydroxylation sites is 1. The number of pyridine rings is 1. The molecule has 0 unspecified atom stereocenters. The van der Waals surface area contributed by atoms with E-state index in [4.69, 9.17) is 11.6 Å². The average Bonchev–Trinajstić information content (AvgIpc) is 2.75. The van der Waals surface area contributed by atoms with Crippen LogP contribution in [0.15, 0.2) is 42.5 Å². The minimum absolute atomic E-state index is 0.0910. The molecule has 1 aliphatic rings. The van der Waals surface area contributed by atoms with E-state index in [1.165, 1.54) is 13.2 Å². The molecule has 2 aromatic rings. The molecule has 1 aliphatic heterocycles. The molecular weight excluding hydrogens is 396 g/mol. The zero-order valence-electron chi connectivity index (χ0n) is 15.9. The summed E-state index contributed by atoms with van der Waals surface area (Å²) >= 11 is 6.06. The van der Waals surface area contributed by atoms with Crippen molar-refractivity contribution < 1.29 is 19.1 Å². The Morgan fingerprint density at radius 1 is 1.03 bits per heavy atom. The number of nitrogens with one attached hydrogen (secondary N) is 1. The molecule has 0 bridgehead atoms. The van der Waals surface area contributed by atoms with Crippen LogP contribution in [0.25, 0.3) is 0 Å². The molecule has 1 N–H and O–H groups in total. The molecule has 29 heavy (non-hydrogen) atoms. The second kappa shape index (κ2) is 9.49. The Hall–Kier alpha value is -2.97. The van der Waals surface area contributed by atoms with Gasteiger partial charge in [-0.1, -0.05) is 29.8 Å². The predicted molar refractivity (Wildman–Crippen MR) is 108 cm³/mol. The summed E-state index contributed by atoms with van der Waals surface area (Å²) in [5.41, 5.74) is 0.857. The second-order valence-electron chi connectivity index (χ2n) is 6.50. The fourth-order valence-electron chi connectivity index (χ4n) is 3.00. The number of methoxy groups -OCH3 is 1. The summed E-state index contributed by atoms with van der Waals surface area (Å²) in [5, 5.41) is 3.28. The van der Waals surface area contributed by atoms with E-state index in [0.717, 1.165) is 0 Å².